The number of aromatic carboxylic acids is 1. The van der Waals surface area contributed by atoms with E-state index in [1.54, 1.807) is 36.4 Å². The van der Waals surface area contributed by atoms with Gasteiger partial charge in [-0.1, -0.05) is 36.4 Å². The Morgan fingerprint density at radius 3 is 2.28 bits per heavy atom. The number of nitrogens with one attached hydrogen (secondary N) is 2. The van der Waals surface area contributed by atoms with E-state index in [0.29, 0.717) is 5.56 Å². The SMILES string of the molecule is COc1ccc(C(=O)O)cc1NC(=O)/C(=C/c1ccccc1F)NC(=O)c1ccccc1. The van der Waals surface area contributed by atoms with E-state index in [2.05, 4.69) is 10.6 Å². The van der Waals surface area contributed by atoms with E-state index in [4.69, 9.17) is 4.74 Å². The van der Waals surface area contributed by atoms with Gasteiger partial charge in [-0.15, -0.1) is 0 Å². The third kappa shape index (κ3) is 5.37. The highest BCUT2D eigenvalue weighted by atomic mass is 19.1. The van der Waals surface area contributed by atoms with Crippen molar-refractivity contribution in [2.75, 3.05) is 12.4 Å². The monoisotopic (exact) mass is 434 g/mol. The van der Waals surface area contributed by atoms with Crippen LogP contribution < -0.4 is 15.4 Å². The summed E-state index contributed by atoms with van der Waals surface area (Å²) in [5.41, 5.74) is 0.133. The van der Waals surface area contributed by atoms with Gasteiger partial charge in [0.05, 0.1) is 18.4 Å². The average molecular weight is 434 g/mol. The number of benzene rings is 3. The van der Waals surface area contributed by atoms with Crippen molar-refractivity contribution in [3.05, 3.63) is 101 Å². The number of methoxy groups -OCH3 is 1. The molecule has 0 spiro atoms. The lowest BCUT2D eigenvalue weighted by Gasteiger charge is -2.14. The van der Waals surface area contributed by atoms with Crippen molar-refractivity contribution >= 4 is 29.5 Å². The average Bonchev–Trinajstić information content (AvgIpc) is 2.80. The predicted octanol–water partition coefficient (Wildman–Crippen LogP) is 3.94. The van der Waals surface area contributed by atoms with Gasteiger partial charge in [0.2, 0.25) is 0 Å². The second-order valence-corrected chi connectivity index (χ2v) is 6.57. The van der Waals surface area contributed by atoms with Gasteiger partial charge in [0.1, 0.15) is 17.3 Å². The van der Waals surface area contributed by atoms with E-state index in [1.807, 2.05) is 0 Å². The topological polar surface area (TPSA) is 105 Å². The number of carboxylic acid groups (broad SMARTS) is 1. The molecular formula is C24H19FN2O5. The molecule has 0 aliphatic rings. The molecule has 8 heteroatoms. The normalized spacial score (nSPS) is 10.9. The molecule has 3 rings (SSSR count). The number of rotatable bonds is 7. The summed E-state index contributed by atoms with van der Waals surface area (Å²) in [4.78, 5) is 36.9. The molecule has 0 fully saturated rings. The number of halogens is 1. The molecule has 0 bridgehead atoms. The summed E-state index contributed by atoms with van der Waals surface area (Å²) in [6.45, 7) is 0. The molecule has 2 amide bonds. The third-order valence-electron chi connectivity index (χ3n) is 4.43. The van der Waals surface area contributed by atoms with E-state index >= 15 is 0 Å². The van der Waals surface area contributed by atoms with Crippen molar-refractivity contribution in [1.82, 2.24) is 5.32 Å². The Kier molecular flexibility index (Phi) is 6.97. The molecular weight excluding hydrogens is 415 g/mol. The molecule has 0 unspecified atom stereocenters. The van der Waals surface area contributed by atoms with Crippen LogP contribution in [0.25, 0.3) is 6.08 Å². The van der Waals surface area contributed by atoms with Crippen molar-refractivity contribution in [3.8, 4) is 5.75 Å². The zero-order chi connectivity index (χ0) is 23.1. The molecule has 3 aromatic carbocycles. The number of carbonyl (C=O) groups excluding carboxylic acids is 2. The van der Waals surface area contributed by atoms with Gasteiger partial charge < -0.3 is 20.5 Å². The van der Waals surface area contributed by atoms with Crippen LogP contribution in [0.5, 0.6) is 5.75 Å². The number of anilines is 1. The third-order valence-corrected chi connectivity index (χ3v) is 4.43. The second kappa shape index (κ2) is 10.0. The van der Waals surface area contributed by atoms with Gasteiger partial charge in [0.25, 0.3) is 11.8 Å². The lowest BCUT2D eigenvalue weighted by molar-refractivity contribution is -0.113. The van der Waals surface area contributed by atoms with Gasteiger partial charge in [-0.2, -0.15) is 0 Å². The zero-order valence-electron chi connectivity index (χ0n) is 17.0. The largest absolute Gasteiger partial charge is 0.495 e. The fraction of sp³-hybridized carbons (Fsp3) is 0.0417. The quantitative estimate of drug-likeness (QED) is 0.489. The highest BCUT2D eigenvalue weighted by Gasteiger charge is 2.18. The molecule has 0 aliphatic heterocycles. The Balaban J connectivity index is 1.97. The van der Waals surface area contributed by atoms with Crippen LogP contribution in [0.1, 0.15) is 26.3 Å². The van der Waals surface area contributed by atoms with E-state index in [-0.39, 0.29) is 28.3 Å². The lowest BCUT2D eigenvalue weighted by Crippen LogP contribution is -2.31. The Labute approximate surface area is 183 Å². The fourth-order valence-electron chi connectivity index (χ4n) is 2.82. The lowest BCUT2D eigenvalue weighted by atomic mass is 10.1. The minimum absolute atomic E-state index is 0.0748. The number of ether oxygens (including phenoxy) is 1. The van der Waals surface area contributed by atoms with E-state index in [0.717, 1.165) is 0 Å². The van der Waals surface area contributed by atoms with Crippen LogP contribution in [-0.2, 0) is 4.79 Å². The first-order valence-electron chi connectivity index (χ1n) is 9.44. The maximum absolute atomic E-state index is 14.2. The minimum Gasteiger partial charge on any atom is -0.495 e. The van der Waals surface area contributed by atoms with Gasteiger partial charge in [-0.3, -0.25) is 9.59 Å². The Hall–Kier alpha value is -4.46. The summed E-state index contributed by atoms with van der Waals surface area (Å²) in [6.07, 6.45) is 1.19. The molecule has 7 nitrogen and oxygen atoms in total. The minimum atomic E-state index is -1.19. The summed E-state index contributed by atoms with van der Waals surface area (Å²) in [7, 11) is 1.36. The summed E-state index contributed by atoms with van der Waals surface area (Å²) in [6, 6.07) is 17.9. The number of carbonyl (C=O) groups is 3. The molecule has 3 N–H and O–H groups in total. The van der Waals surface area contributed by atoms with Gasteiger partial charge >= 0.3 is 5.97 Å². The van der Waals surface area contributed by atoms with Crippen LogP contribution >= 0.6 is 0 Å². The molecule has 0 radical (unpaired) electrons. The first kappa shape index (κ1) is 22.2. The standard InChI is InChI=1S/C24H19FN2O5/c1-32-21-12-11-17(24(30)31)14-19(21)26-23(29)20(13-16-9-5-6-10-18(16)25)27-22(28)15-7-3-2-4-8-15/h2-14H,1H3,(H,26,29)(H,27,28)(H,30,31)/b20-13-. The second-order valence-electron chi connectivity index (χ2n) is 6.57. The Morgan fingerprint density at radius 1 is 0.938 bits per heavy atom. The number of hydrogen-bond acceptors (Lipinski definition) is 4. The van der Waals surface area contributed by atoms with E-state index in [1.165, 1.54) is 49.6 Å². The molecule has 3 aromatic rings. The maximum Gasteiger partial charge on any atom is 0.335 e. The Bertz CT molecular complexity index is 1190. The van der Waals surface area contributed by atoms with Crippen molar-refractivity contribution in [1.29, 1.82) is 0 Å². The summed E-state index contributed by atoms with van der Waals surface area (Å²) >= 11 is 0. The maximum atomic E-state index is 14.2. The van der Waals surface area contributed by atoms with Gasteiger partial charge in [-0.25, -0.2) is 9.18 Å². The van der Waals surface area contributed by atoms with Crippen LogP contribution in [0, 0.1) is 5.82 Å². The smallest absolute Gasteiger partial charge is 0.335 e. The number of hydrogen-bond donors (Lipinski definition) is 3. The van der Waals surface area contributed by atoms with Gasteiger partial charge in [0, 0.05) is 11.1 Å². The molecule has 162 valence electrons. The Morgan fingerprint density at radius 2 is 1.62 bits per heavy atom. The number of carboxylic acids is 1. The molecule has 0 aromatic heterocycles. The van der Waals surface area contributed by atoms with Gasteiger partial charge in [-0.05, 0) is 42.5 Å². The van der Waals surface area contributed by atoms with Crippen LogP contribution in [0.3, 0.4) is 0 Å². The van der Waals surface area contributed by atoms with Crippen LogP contribution in [0.2, 0.25) is 0 Å². The van der Waals surface area contributed by atoms with E-state index in [9.17, 15) is 23.9 Å². The summed E-state index contributed by atoms with van der Waals surface area (Å²) < 4.78 is 19.4. The fourth-order valence-corrected chi connectivity index (χ4v) is 2.82. The molecule has 0 aliphatic carbocycles. The molecule has 32 heavy (non-hydrogen) atoms. The van der Waals surface area contributed by atoms with Crippen LogP contribution in [0.15, 0.2) is 78.5 Å². The van der Waals surface area contributed by atoms with Crippen molar-refractivity contribution in [2.24, 2.45) is 0 Å². The molecule has 0 saturated carbocycles. The zero-order valence-corrected chi connectivity index (χ0v) is 17.0. The highest BCUT2D eigenvalue weighted by Crippen LogP contribution is 2.26. The van der Waals surface area contributed by atoms with Crippen molar-refractivity contribution in [2.45, 2.75) is 0 Å². The first-order chi connectivity index (χ1) is 15.4. The van der Waals surface area contributed by atoms with Gasteiger partial charge in [0.15, 0.2) is 0 Å². The predicted molar refractivity (Wildman–Crippen MR) is 117 cm³/mol. The van der Waals surface area contributed by atoms with Crippen molar-refractivity contribution in [3.63, 3.8) is 0 Å². The van der Waals surface area contributed by atoms with Crippen LogP contribution in [0.4, 0.5) is 10.1 Å². The molecule has 0 heterocycles. The highest BCUT2D eigenvalue weighted by molar-refractivity contribution is 6.11. The molecule has 0 atom stereocenters. The molecule has 0 saturated heterocycles. The number of amides is 2. The van der Waals surface area contributed by atoms with E-state index < -0.39 is 23.6 Å². The van der Waals surface area contributed by atoms with Crippen LogP contribution in [-0.4, -0.2) is 30.0 Å². The first-order valence-corrected chi connectivity index (χ1v) is 9.44. The van der Waals surface area contributed by atoms with Crippen molar-refractivity contribution < 1.29 is 28.6 Å². The summed E-state index contributed by atoms with van der Waals surface area (Å²) in [5, 5.41) is 14.2. The summed E-state index contributed by atoms with van der Waals surface area (Å²) in [5.74, 6) is -2.93.